The molecule has 3 aliphatic heterocycles. The van der Waals surface area contributed by atoms with Crippen molar-refractivity contribution in [3.8, 4) is 28.7 Å². The van der Waals surface area contributed by atoms with Gasteiger partial charge < -0.3 is 29.0 Å². The molecule has 3 aliphatic rings. The van der Waals surface area contributed by atoms with E-state index in [1.54, 1.807) is 7.11 Å². The number of hydrogen-bond donors (Lipinski definition) is 1. The Hall–Kier alpha value is -3.79. The molecule has 2 atom stereocenters. The Bertz CT molecular complexity index is 1350. The first kappa shape index (κ1) is 25.5. The van der Waals surface area contributed by atoms with Crippen molar-refractivity contribution >= 4 is 5.91 Å². The van der Waals surface area contributed by atoms with Gasteiger partial charge in [0.15, 0.2) is 23.0 Å². The summed E-state index contributed by atoms with van der Waals surface area (Å²) >= 11 is 0. The van der Waals surface area contributed by atoms with Crippen LogP contribution in [0.5, 0.6) is 28.7 Å². The molecule has 3 aromatic rings. The van der Waals surface area contributed by atoms with Crippen LogP contribution in [0.3, 0.4) is 0 Å². The Morgan fingerprint density at radius 3 is 2.74 bits per heavy atom. The minimum absolute atomic E-state index is 0.0277. The zero-order chi connectivity index (χ0) is 26.8. The Morgan fingerprint density at radius 1 is 0.949 bits per heavy atom. The maximum Gasteiger partial charge on any atom is 0.234 e. The lowest BCUT2D eigenvalue weighted by Gasteiger charge is -2.23. The number of ether oxygens (including phenoxy) is 5. The predicted octanol–water partition coefficient (Wildman–Crippen LogP) is 3.55. The molecule has 9 heteroatoms. The quantitative estimate of drug-likeness (QED) is 0.550. The molecule has 0 aliphatic carbocycles. The van der Waals surface area contributed by atoms with E-state index in [0.29, 0.717) is 43.5 Å². The number of likely N-dealkylation sites (tertiary alicyclic amines) is 1. The molecule has 0 saturated carbocycles. The Labute approximate surface area is 228 Å². The fourth-order valence-corrected chi connectivity index (χ4v) is 5.38. The number of likely N-dealkylation sites (N-methyl/N-ethyl adjacent to an activating group) is 1. The van der Waals surface area contributed by atoms with Gasteiger partial charge in [0, 0.05) is 26.2 Å². The van der Waals surface area contributed by atoms with Gasteiger partial charge in [0.25, 0.3) is 0 Å². The highest BCUT2D eigenvalue weighted by molar-refractivity contribution is 5.78. The van der Waals surface area contributed by atoms with Crippen molar-refractivity contribution in [2.24, 2.45) is 0 Å². The molecule has 204 valence electrons. The van der Waals surface area contributed by atoms with Crippen LogP contribution in [-0.4, -0.2) is 68.4 Å². The number of nitrogens with zero attached hydrogens (tertiary/aromatic N) is 2. The van der Waals surface area contributed by atoms with Gasteiger partial charge >= 0.3 is 0 Å². The van der Waals surface area contributed by atoms with Gasteiger partial charge in [-0.2, -0.15) is 0 Å². The summed E-state index contributed by atoms with van der Waals surface area (Å²) in [6, 6.07) is 19.6. The van der Waals surface area contributed by atoms with Gasteiger partial charge in [-0.05, 0) is 60.1 Å². The Balaban J connectivity index is 1.22. The largest absolute Gasteiger partial charge is 0.493 e. The maximum absolute atomic E-state index is 13.1. The smallest absolute Gasteiger partial charge is 0.234 e. The molecule has 0 unspecified atom stereocenters. The molecule has 3 heterocycles. The zero-order valence-electron chi connectivity index (χ0n) is 22.2. The first-order valence-corrected chi connectivity index (χ1v) is 13.2. The molecule has 0 aromatic heterocycles. The second kappa shape index (κ2) is 11.1. The Morgan fingerprint density at radius 2 is 1.85 bits per heavy atom. The molecule has 1 fully saturated rings. The van der Waals surface area contributed by atoms with Crippen molar-refractivity contribution < 1.29 is 28.5 Å². The number of hydrogen-bond acceptors (Lipinski definition) is 8. The molecule has 9 nitrogen and oxygen atoms in total. The molecule has 1 N–H and O–H groups in total. The van der Waals surface area contributed by atoms with Crippen LogP contribution in [0.25, 0.3) is 0 Å². The molecule has 4 bridgehead atoms. The van der Waals surface area contributed by atoms with Gasteiger partial charge in [0.1, 0.15) is 5.75 Å². The van der Waals surface area contributed by atoms with Gasteiger partial charge in [-0.15, -0.1) is 0 Å². The van der Waals surface area contributed by atoms with Crippen LogP contribution in [-0.2, 0) is 29.2 Å². The van der Waals surface area contributed by atoms with Gasteiger partial charge in [0.05, 0.1) is 32.4 Å². The molecule has 1 saturated heterocycles. The minimum Gasteiger partial charge on any atom is -0.493 e. The van der Waals surface area contributed by atoms with Crippen molar-refractivity contribution in [2.75, 3.05) is 40.6 Å². The van der Waals surface area contributed by atoms with Gasteiger partial charge in [-0.25, -0.2) is 0 Å². The summed E-state index contributed by atoms with van der Waals surface area (Å²) in [4.78, 5) is 17.4. The molecule has 6 rings (SSSR count). The summed E-state index contributed by atoms with van der Waals surface area (Å²) in [5.74, 6) is 3.52. The van der Waals surface area contributed by atoms with E-state index in [9.17, 15) is 4.79 Å². The van der Waals surface area contributed by atoms with E-state index in [2.05, 4.69) is 16.3 Å². The number of amides is 1. The molecular weight excluding hydrogens is 498 g/mol. The van der Waals surface area contributed by atoms with Crippen LogP contribution in [0.1, 0.15) is 16.7 Å². The van der Waals surface area contributed by atoms with Crippen LogP contribution in [0, 0.1) is 0 Å². The van der Waals surface area contributed by atoms with Gasteiger partial charge in [0.2, 0.25) is 12.7 Å². The van der Waals surface area contributed by atoms with E-state index in [1.807, 2.05) is 66.5 Å². The number of benzene rings is 3. The third kappa shape index (κ3) is 5.95. The number of rotatable bonds is 3. The number of carbonyl (C=O) groups is 1. The number of methoxy groups -OCH3 is 1. The molecule has 0 radical (unpaired) electrons. The summed E-state index contributed by atoms with van der Waals surface area (Å²) < 4.78 is 29.2. The van der Waals surface area contributed by atoms with E-state index < -0.39 is 0 Å². The van der Waals surface area contributed by atoms with E-state index in [1.165, 1.54) is 0 Å². The summed E-state index contributed by atoms with van der Waals surface area (Å²) in [5.41, 5.74) is 3.15. The van der Waals surface area contributed by atoms with Gasteiger partial charge in [-0.3, -0.25) is 14.6 Å². The summed E-state index contributed by atoms with van der Waals surface area (Å²) in [6.45, 7) is 3.65. The average Bonchev–Trinajstić information content (AvgIpc) is 3.53. The third-order valence-corrected chi connectivity index (χ3v) is 7.22. The first-order chi connectivity index (χ1) is 19.0. The van der Waals surface area contributed by atoms with Crippen LogP contribution in [0.4, 0.5) is 0 Å². The van der Waals surface area contributed by atoms with Crippen molar-refractivity contribution in [2.45, 2.75) is 31.8 Å². The molecule has 1 amide bonds. The highest BCUT2D eigenvalue weighted by atomic mass is 16.7. The number of carbonyl (C=O) groups excluding carboxylic acids is 1. The normalized spacial score (nSPS) is 21.6. The third-order valence-electron chi connectivity index (χ3n) is 7.22. The lowest BCUT2D eigenvalue weighted by molar-refractivity contribution is -0.123. The second-order valence-electron chi connectivity index (χ2n) is 10.3. The SMILES string of the molecule is COc1ccc2cc1Oc1cccc(c1)CO[C@H]1CN(Cc3ccc4c(c3)OCO4)C[C@@H]1NC(=O)CN(C)C2. The monoisotopic (exact) mass is 531 g/mol. The summed E-state index contributed by atoms with van der Waals surface area (Å²) in [5, 5.41) is 3.24. The number of nitrogens with one attached hydrogen (secondary N) is 1. The lowest BCUT2D eigenvalue weighted by Crippen LogP contribution is -2.47. The second-order valence-corrected chi connectivity index (χ2v) is 10.3. The fraction of sp³-hybridized carbons (Fsp3) is 0.367. The average molecular weight is 532 g/mol. The molecule has 39 heavy (non-hydrogen) atoms. The van der Waals surface area contributed by atoms with Crippen LogP contribution >= 0.6 is 0 Å². The lowest BCUT2D eigenvalue weighted by atomic mass is 10.1. The van der Waals surface area contributed by atoms with E-state index in [4.69, 9.17) is 23.7 Å². The zero-order valence-corrected chi connectivity index (χ0v) is 22.2. The standard InChI is InChI=1S/C30H33N3O6/c1-32-13-20-6-8-25(35-2)28(12-20)39-23-5-3-4-22(10-23)18-36-29-16-33(15-24(29)31-30(34)17-32)14-21-7-9-26-27(11-21)38-19-37-26/h3-12,24,29H,13-19H2,1-2H3,(H,31,34)/t24-,29-/m0/s1. The van der Waals surface area contributed by atoms with Crippen molar-refractivity contribution in [3.05, 3.63) is 77.4 Å². The van der Waals surface area contributed by atoms with Crippen molar-refractivity contribution in [3.63, 3.8) is 0 Å². The summed E-state index contributed by atoms with van der Waals surface area (Å²) in [6.07, 6.45) is -0.154. The predicted molar refractivity (Wildman–Crippen MR) is 144 cm³/mol. The first-order valence-electron chi connectivity index (χ1n) is 13.2. The Kier molecular flexibility index (Phi) is 7.28. The van der Waals surface area contributed by atoms with Gasteiger partial charge in [-0.1, -0.05) is 24.3 Å². The number of fused-ring (bicyclic) bond motifs is 6. The highest BCUT2D eigenvalue weighted by Crippen LogP contribution is 2.34. The van der Waals surface area contributed by atoms with E-state index >= 15 is 0 Å². The molecule has 0 spiro atoms. The minimum atomic E-state index is -0.154. The van der Waals surface area contributed by atoms with Crippen LogP contribution in [0.15, 0.2) is 60.7 Å². The van der Waals surface area contributed by atoms with E-state index in [-0.39, 0.29) is 31.4 Å². The maximum atomic E-state index is 13.1. The van der Waals surface area contributed by atoms with Crippen molar-refractivity contribution in [1.82, 2.24) is 15.1 Å². The van der Waals surface area contributed by atoms with Crippen LogP contribution in [0.2, 0.25) is 0 Å². The van der Waals surface area contributed by atoms with Crippen LogP contribution < -0.4 is 24.3 Å². The highest BCUT2D eigenvalue weighted by Gasteiger charge is 2.35. The van der Waals surface area contributed by atoms with Crippen molar-refractivity contribution in [1.29, 1.82) is 0 Å². The van der Waals surface area contributed by atoms with E-state index in [0.717, 1.165) is 34.7 Å². The molecular formula is C30H33N3O6. The topological polar surface area (TPSA) is 81.7 Å². The summed E-state index contributed by atoms with van der Waals surface area (Å²) in [7, 11) is 3.56. The molecule has 3 aromatic carbocycles. The fourth-order valence-electron chi connectivity index (χ4n) is 5.38.